The van der Waals surface area contributed by atoms with Crippen LogP contribution >= 0.6 is 35.4 Å². The zero-order chi connectivity index (χ0) is 18.1. The Hall–Kier alpha value is -2.08. The first-order valence-electron chi connectivity index (χ1n) is 7.43. The van der Waals surface area contributed by atoms with E-state index in [9.17, 15) is 0 Å². The second-order valence-corrected chi connectivity index (χ2v) is 6.15. The van der Waals surface area contributed by atoms with Crippen LogP contribution in [0.1, 0.15) is 11.1 Å². The second-order valence-electron chi connectivity index (χ2n) is 4.93. The highest BCUT2D eigenvalue weighted by Crippen LogP contribution is 2.25. The topological polar surface area (TPSA) is 45.7 Å². The molecule has 0 heterocycles. The van der Waals surface area contributed by atoms with Crippen molar-refractivity contribution >= 4 is 46.7 Å². The fourth-order valence-electron chi connectivity index (χ4n) is 1.88. The van der Waals surface area contributed by atoms with Gasteiger partial charge in [0.05, 0.1) is 6.21 Å². The largest absolute Gasteiger partial charge is 0.489 e. The number of halogens is 2. The molecule has 0 radical (unpaired) electrons. The van der Waals surface area contributed by atoms with Crippen molar-refractivity contribution in [3.8, 4) is 5.75 Å². The predicted octanol–water partition coefficient (Wildman–Crippen LogP) is 4.56. The number of hydrazone groups is 1. The normalized spacial score (nSPS) is 10.5. The van der Waals surface area contributed by atoms with Crippen LogP contribution in [0.2, 0.25) is 10.0 Å². The summed E-state index contributed by atoms with van der Waals surface area (Å²) in [6.07, 6.45) is 3.36. The van der Waals surface area contributed by atoms with E-state index in [0.717, 1.165) is 11.1 Å². The number of benzene rings is 2. The van der Waals surface area contributed by atoms with Gasteiger partial charge in [-0.1, -0.05) is 47.5 Å². The third-order valence-corrected chi connectivity index (χ3v) is 4.03. The van der Waals surface area contributed by atoms with Gasteiger partial charge in [0.2, 0.25) is 0 Å². The smallest absolute Gasteiger partial charge is 0.187 e. The Morgan fingerprint density at radius 2 is 1.92 bits per heavy atom. The highest BCUT2D eigenvalue weighted by atomic mass is 35.5. The number of hydrogen-bond acceptors (Lipinski definition) is 3. The van der Waals surface area contributed by atoms with Gasteiger partial charge in [-0.25, -0.2) is 0 Å². The first kappa shape index (κ1) is 19.2. The van der Waals surface area contributed by atoms with Crippen LogP contribution in [0, 0.1) is 0 Å². The van der Waals surface area contributed by atoms with E-state index < -0.39 is 0 Å². The van der Waals surface area contributed by atoms with Crippen LogP contribution in [-0.2, 0) is 6.61 Å². The minimum Gasteiger partial charge on any atom is -0.489 e. The molecule has 4 nitrogen and oxygen atoms in total. The molecule has 2 aromatic rings. The maximum absolute atomic E-state index is 6.14. The molecule has 0 amide bonds. The lowest BCUT2D eigenvalue weighted by molar-refractivity contribution is 0.306. The minimum atomic E-state index is 0.285. The summed E-state index contributed by atoms with van der Waals surface area (Å²) in [6.45, 7) is 4.46. The van der Waals surface area contributed by atoms with E-state index in [-0.39, 0.29) is 6.61 Å². The summed E-state index contributed by atoms with van der Waals surface area (Å²) in [4.78, 5) is 0. The van der Waals surface area contributed by atoms with Crippen LogP contribution < -0.4 is 15.5 Å². The zero-order valence-electron chi connectivity index (χ0n) is 13.3. The zero-order valence-corrected chi connectivity index (χ0v) is 15.7. The van der Waals surface area contributed by atoms with Crippen molar-refractivity contribution in [3.63, 3.8) is 0 Å². The third kappa shape index (κ3) is 6.38. The van der Waals surface area contributed by atoms with Gasteiger partial charge in [0, 0.05) is 22.2 Å². The number of rotatable bonds is 7. The number of nitrogens with zero attached hydrogens (tertiary/aromatic N) is 1. The molecule has 0 bridgehead atoms. The summed E-state index contributed by atoms with van der Waals surface area (Å²) in [6, 6.07) is 12.8. The maximum atomic E-state index is 6.14. The summed E-state index contributed by atoms with van der Waals surface area (Å²) in [5.74, 6) is 0.687. The van der Waals surface area contributed by atoms with E-state index in [2.05, 4.69) is 22.4 Å². The number of ether oxygens (including phenoxy) is 1. The van der Waals surface area contributed by atoms with Crippen LogP contribution in [0.5, 0.6) is 5.75 Å². The fourth-order valence-corrected chi connectivity index (χ4v) is 2.52. The molecule has 0 spiro atoms. The highest BCUT2D eigenvalue weighted by Gasteiger charge is 2.06. The fraction of sp³-hybridized carbons (Fsp3) is 0.111. The van der Waals surface area contributed by atoms with Crippen molar-refractivity contribution in [1.29, 1.82) is 0 Å². The Labute approximate surface area is 162 Å². The Balaban J connectivity index is 1.94. The Morgan fingerprint density at radius 3 is 2.64 bits per heavy atom. The molecule has 0 aliphatic carbocycles. The van der Waals surface area contributed by atoms with Gasteiger partial charge < -0.3 is 10.1 Å². The molecule has 0 aliphatic rings. The quantitative estimate of drug-likeness (QED) is 0.313. The third-order valence-electron chi connectivity index (χ3n) is 3.09. The molecular weight excluding hydrogens is 377 g/mol. The molecule has 0 saturated heterocycles. The average molecular weight is 394 g/mol. The molecule has 0 unspecified atom stereocenters. The van der Waals surface area contributed by atoms with Crippen LogP contribution in [0.4, 0.5) is 0 Å². The van der Waals surface area contributed by atoms with Crippen LogP contribution in [0.3, 0.4) is 0 Å². The Morgan fingerprint density at radius 1 is 1.20 bits per heavy atom. The van der Waals surface area contributed by atoms with Gasteiger partial charge in [-0.05, 0) is 42.0 Å². The first-order valence-corrected chi connectivity index (χ1v) is 8.60. The molecule has 0 aromatic heterocycles. The molecule has 130 valence electrons. The van der Waals surface area contributed by atoms with Crippen LogP contribution in [-0.4, -0.2) is 17.9 Å². The SMILES string of the molecule is C=CCNC(=S)N/N=C/c1cccc(OCc2c(Cl)cccc2Cl)c1. The summed E-state index contributed by atoms with van der Waals surface area (Å²) >= 11 is 17.3. The number of nitrogens with one attached hydrogen (secondary N) is 2. The summed E-state index contributed by atoms with van der Waals surface area (Å²) in [5, 5.41) is 8.57. The number of thiocarbonyl (C=S) groups is 1. The van der Waals surface area contributed by atoms with Crippen molar-refractivity contribution < 1.29 is 4.74 Å². The monoisotopic (exact) mass is 393 g/mol. The molecule has 0 saturated carbocycles. The van der Waals surface area contributed by atoms with Crippen molar-refractivity contribution in [2.75, 3.05) is 6.54 Å². The molecule has 2 aromatic carbocycles. The van der Waals surface area contributed by atoms with Gasteiger partial charge in [-0.2, -0.15) is 5.10 Å². The van der Waals surface area contributed by atoms with Crippen molar-refractivity contribution in [1.82, 2.24) is 10.7 Å². The molecule has 0 aliphatic heterocycles. The highest BCUT2D eigenvalue weighted by molar-refractivity contribution is 7.80. The first-order chi connectivity index (χ1) is 12.1. The van der Waals surface area contributed by atoms with E-state index in [1.165, 1.54) is 0 Å². The Bertz CT molecular complexity index is 760. The van der Waals surface area contributed by atoms with Crippen molar-refractivity contribution in [2.45, 2.75) is 6.61 Å². The summed E-state index contributed by atoms with van der Waals surface area (Å²) in [7, 11) is 0. The molecule has 25 heavy (non-hydrogen) atoms. The predicted molar refractivity (Wildman–Crippen MR) is 109 cm³/mol. The molecule has 0 fully saturated rings. The standard InChI is InChI=1S/C18H17Cl2N3OS/c1-2-9-21-18(25)23-22-11-13-5-3-6-14(10-13)24-12-15-16(19)7-4-8-17(15)20/h2-8,10-11H,1,9,12H2,(H2,21,23,25)/b22-11+. The van der Waals surface area contributed by atoms with E-state index >= 15 is 0 Å². The minimum absolute atomic E-state index is 0.285. The van der Waals surface area contributed by atoms with E-state index in [1.807, 2.05) is 24.3 Å². The van der Waals surface area contributed by atoms with Gasteiger partial charge in [0.15, 0.2) is 5.11 Å². The molecule has 7 heteroatoms. The van der Waals surface area contributed by atoms with Gasteiger partial charge in [0.25, 0.3) is 0 Å². The van der Waals surface area contributed by atoms with Crippen LogP contribution in [0.15, 0.2) is 60.2 Å². The van der Waals surface area contributed by atoms with E-state index in [4.69, 9.17) is 40.2 Å². The van der Waals surface area contributed by atoms with Gasteiger partial charge in [-0.3, -0.25) is 5.43 Å². The number of hydrogen-bond donors (Lipinski definition) is 2. The molecule has 2 rings (SSSR count). The van der Waals surface area contributed by atoms with Crippen molar-refractivity contribution in [3.05, 3.63) is 76.3 Å². The van der Waals surface area contributed by atoms with E-state index in [1.54, 1.807) is 30.5 Å². The van der Waals surface area contributed by atoms with Crippen LogP contribution in [0.25, 0.3) is 0 Å². The van der Waals surface area contributed by atoms with Crippen molar-refractivity contribution in [2.24, 2.45) is 5.10 Å². The van der Waals surface area contributed by atoms with E-state index in [0.29, 0.717) is 27.5 Å². The lowest BCUT2D eigenvalue weighted by Crippen LogP contribution is -2.31. The lowest BCUT2D eigenvalue weighted by Gasteiger charge is -2.10. The summed E-state index contributed by atoms with van der Waals surface area (Å²) in [5.41, 5.74) is 4.34. The molecule has 2 N–H and O–H groups in total. The second kappa shape index (κ2) is 10.0. The Kier molecular flexibility index (Phi) is 7.73. The summed E-state index contributed by atoms with van der Waals surface area (Å²) < 4.78 is 5.77. The average Bonchev–Trinajstić information content (AvgIpc) is 2.60. The molecule has 0 atom stereocenters. The maximum Gasteiger partial charge on any atom is 0.187 e. The van der Waals surface area contributed by atoms with Gasteiger partial charge >= 0.3 is 0 Å². The molecular formula is C18H17Cl2N3OS. The van der Waals surface area contributed by atoms with Gasteiger partial charge in [0.1, 0.15) is 12.4 Å². The lowest BCUT2D eigenvalue weighted by atomic mass is 10.2. The van der Waals surface area contributed by atoms with Gasteiger partial charge in [-0.15, -0.1) is 6.58 Å².